The number of rotatable bonds is 5. The summed E-state index contributed by atoms with van der Waals surface area (Å²) in [7, 11) is 0. The Kier molecular flexibility index (Phi) is 6.46. The molecule has 2 aromatic carbocycles. The first-order valence-electron chi connectivity index (χ1n) is 7.85. The summed E-state index contributed by atoms with van der Waals surface area (Å²) in [5.74, 6) is -2.94. The van der Waals surface area contributed by atoms with Crippen molar-refractivity contribution in [1.29, 1.82) is 0 Å². The van der Waals surface area contributed by atoms with Crippen LogP contribution < -0.4 is 5.32 Å². The van der Waals surface area contributed by atoms with Crippen LogP contribution in [0.1, 0.15) is 27.0 Å². The minimum absolute atomic E-state index is 0.130. The largest absolute Gasteiger partial charge is 0.480 e. The van der Waals surface area contributed by atoms with Gasteiger partial charge in [-0.15, -0.1) is 0 Å². The smallest absolute Gasteiger partial charge is 0.416 e. The van der Waals surface area contributed by atoms with Gasteiger partial charge in [-0.05, 0) is 29.8 Å². The number of carboxylic acid groups (broad SMARTS) is 1. The molecule has 2 aromatic rings. The van der Waals surface area contributed by atoms with E-state index in [4.69, 9.17) is 11.6 Å². The van der Waals surface area contributed by atoms with Crippen LogP contribution >= 0.6 is 11.6 Å². The van der Waals surface area contributed by atoms with Crippen molar-refractivity contribution in [1.82, 2.24) is 5.32 Å². The summed E-state index contributed by atoms with van der Waals surface area (Å²) >= 11 is 5.91. The Bertz CT molecular complexity index is 894. The van der Waals surface area contributed by atoms with Gasteiger partial charge >= 0.3 is 18.3 Å². The van der Waals surface area contributed by atoms with Crippen molar-refractivity contribution in [3.63, 3.8) is 0 Å². The molecule has 0 radical (unpaired) electrons. The summed E-state index contributed by atoms with van der Waals surface area (Å²) in [6.45, 7) is 0. The number of alkyl halides is 6. The van der Waals surface area contributed by atoms with Crippen molar-refractivity contribution in [2.45, 2.75) is 24.8 Å². The van der Waals surface area contributed by atoms with E-state index in [1.165, 1.54) is 12.1 Å². The summed E-state index contributed by atoms with van der Waals surface area (Å²) in [6, 6.07) is 4.72. The minimum Gasteiger partial charge on any atom is -0.480 e. The van der Waals surface area contributed by atoms with Crippen molar-refractivity contribution >= 4 is 23.5 Å². The zero-order valence-corrected chi connectivity index (χ0v) is 15.0. The van der Waals surface area contributed by atoms with Crippen molar-refractivity contribution in [2.75, 3.05) is 0 Å². The Hall–Kier alpha value is -2.75. The number of aliphatic carboxylic acids is 1. The SMILES string of the molecule is O=C(N[C@H](Cc1ccccc1Cl)C(=O)O)c1cc(C(F)(F)F)cc(C(F)(F)F)c1. The first-order valence-corrected chi connectivity index (χ1v) is 8.23. The van der Waals surface area contributed by atoms with Gasteiger partial charge < -0.3 is 10.4 Å². The summed E-state index contributed by atoms with van der Waals surface area (Å²) in [5, 5.41) is 11.4. The second-order valence-electron chi connectivity index (χ2n) is 5.95. The highest BCUT2D eigenvalue weighted by Crippen LogP contribution is 2.36. The summed E-state index contributed by atoms with van der Waals surface area (Å²) in [5.41, 5.74) is -4.02. The molecule has 1 amide bonds. The van der Waals surface area contributed by atoms with E-state index in [0.29, 0.717) is 5.56 Å². The molecule has 4 nitrogen and oxygen atoms in total. The molecule has 0 bridgehead atoms. The van der Waals surface area contributed by atoms with Gasteiger partial charge in [0.25, 0.3) is 5.91 Å². The first kappa shape index (κ1) is 22.5. The quantitative estimate of drug-likeness (QED) is 0.657. The molecule has 0 heterocycles. The minimum atomic E-state index is -5.14. The molecular formula is C18H12ClF6NO3. The van der Waals surface area contributed by atoms with Crippen molar-refractivity contribution < 1.29 is 41.0 Å². The van der Waals surface area contributed by atoms with E-state index < -0.39 is 47.0 Å². The normalized spacial score (nSPS) is 13.1. The van der Waals surface area contributed by atoms with Crippen LogP contribution in [0.15, 0.2) is 42.5 Å². The van der Waals surface area contributed by atoms with Crippen LogP contribution in [-0.2, 0) is 23.6 Å². The summed E-state index contributed by atoms with van der Waals surface area (Å²) in [6.07, 6.45) is -10.6. The maximum atomic E-state index is 12.9. The molecule has 0 saturated heterocycles. The van der Waals surface area contributed by atoms with Gasteiger partial charge in [0.05, 0.1) is 11.1 Å². The number of carboxylic acids is 1. The molecule has 0 spiro atoms. The lowest BCUT2D eigenvalue weighted by Gasteiger charge is -2.17. The highest BCUT2D eigenvalue weighted by Gasteiger charge is 2.37. The van der Waals surface area contributed by atoms with Gasteiger partial charge in [0.2, 0.25) is 0 Å². The average molecular weight is 440 g/mol. The summed E-state index contributed by atoms with van der Waals surface area (Å²) < 4.78 is 77.5. The number of benzene rings is 2. The van der Waals surface area contributed by atoms with E-state index in [1.54, 1.807) is 12.1 Å². The van der Waals surface area contributed by atoms with E-state index in [0.717, 1.165) is 0 Å². The van der Waals surface area contributed by atoms with E-state index in [-0.39, 0.29) is 29.6 Å². The third-order valence-electron chi connectivity index (χ3n) is 3.84. The van der Waals surface area contributed by atoms with Gasteiger partial charge in [-0.1, -0.05) is 29.8 Å². The Balaban J connectivity index is 2.36. The van der Waals surface area contributed by atoms with Crippen LogP contribution in [-0.4, -0.2) is 23.0 Å². The molecular weight excluding hydrogens is 428 g/mol. The number of carbonyl (C=O) groups is 2. The number of carbonyl (C=O) groups excluding carboxylic acids is 1. The molecule has 11 heteroatoms. The van der Waals surface area contributed by atoms with E-state index in [9.17, 15) is 41.0 Å². The molecule has 2 rings (SSSR count). The topological polar surface area (TPSA) is 66.4 Å². The fourth-order valence-corrected chi connectivity index (χ4v) is 2.62. The molecule has 0 aliphatic heterocycles. The second kappa shape index (κ2) is 8.32. The number of halogens is 7. The Morgan fingerprint density at radius 3 is 1.93 bits per heavy atom. The zero-order valence-electron chi connectivity index (χ0n) is 14.2. The zero-order chi connectivity index (χ0) is 22.0. The molecule has 0 aromatic heterocycles. The van der Waals surface area contributed by atoms with Crippen LogP contribution in [0.5, 0.6) is 0 Å². The highest BCUT2D eigenvalue weighted by molar-refractivity contribution is 6.31. The van der Waals surface area contributed by atoms with Gasteiger partial charge in [-0.25, -0.2) is 4.79 Å². The third-order valence-corrected chi connectivity index (χ3v) is 4.20. The van der Waals surface area contributed by atoms with Crippen LogP contribution in [0, 0.1) is 0 Å². The third kappa shape index (κ3) is 5.86. The number of nitrogens with one attached hydrogen (secondary N) is 1. The molecule has 1 atom stereocenters. The molecule has 0 saturated carbocycles. The van der Waals surface area contributed by atoms with Crippen LogP contribution in [0.4, 0.5) is 26.3 Å². The van der Waals surface area contributed by atoms with Crippen molar-refractivity contribution in [2.24, 2.45) is 0 Å². The van der Waals surface area contributed by atoms with Gasteiger partial charge in [0, 0.05) is 17.0 Å². The highest BCUT2D eigenvalue weighted by atomic mass is 35.5. The van der Waals surface area contributed by atoms with E-state index in [1.807, 2.05) is 5.32 Å². The standard InChI is InChI=1S/C18H12ClF6NO3/c19-13-4-2-1-3-9(13)7-14(16(28)29)26-15(27)10-5-11(17(20,21)22)8-12(6-10)18(23,24)25/h1-6,8,14H,7H2,(H,26,27)(H,28,29)/t14-/m1/s1. The molecule has 0 aliphatic carbocycles. The molecule has 2 N–H and O–H groups in total. The van der Waals surface area contributed by atoms with Crippen LogP contribution in [0.25, 0.3) is 0 Å². The monoisotopic (exact) mass is 439 g/mol. The Labute approximate surface area is 165 Å². The van der Waals surface area contributed by atoms with Gasteiger partial charge in [-0.2, -0.15) is 26.3 Å². The fourth-order valence-electron chi connectivity index (χ4n) is 2.41. The molecule has 156 valence electrons. The van der Waals surface area contributed by atoms with E-state index >= 15 is 0 Å². The predicted molar refractivity (Wildman–Crippen MR) is 90.5 cm³/mol. The molecule has 0 fully saturated rings. The molecule has 0 aliphatic rings. The first-order chi connectivity index (χ1) is 13.3. The average Bonchev–Trinajstić information content (AvgIpc) is 2.60. The predicted octanol–water partition coefficient (Wildman–Crippen LogP) is 4.80. The van der Waals surface area contributed by atoms with Gasteiger partial charge in [-0.3, -0.25) is 4.79 Å². The van der Waals surface area contributed by atoms with Gasteiger partial charge in [0.1, 0.15) is 6.04 Å². The van der Waals surface area contributed by atoms with Crippen molar-refractivity contribution in [3.05, 3.63) is 69.7 Å². The van der Waals surface area contributed by atoms with E-state index in [2.05, 4.69) is 0 Å². The van der Waals surface area contributed by atoms with Crippen LogP contribution in [0.3, 0.4) is 0 Å². The maximum Gasteiger partial charge on any atom is 0.416 e. The second-order valence-corrected chi connectivity index (χ2v) is 6.36. The fraction of sp³-hybridized carbons (Fsp3) is 0.222. The lowest BCUT2D eigenvalue weighted by atomic mass is 10.0. The number of hydrogen-bond donors (Lipinski definition) is 2. The van der Waals surface area contributed by atoms with Crippen LogP contribution in [0.2, 0.25) is 5.02 Å². The van der Waals surface area contributed by atoms with Crippen molar-refractivity contribution in [3.8, 4) is 0 Å². The number of amides is 1. The van der Waals surface area contributed by atoms with Gasteiger partial charge in [0.15, 0.2) is 0 Å². The summed E-state index contributed by atoms with van der Waals surface area (Å²) in [4.78, 5) is 23.7. The molecule has 0 unspecified atom stereocenters. The Morgan fingerprint density at radius 2 is 1.48 bits per heavy atom. The molecule has 29 heavy (non-hydrogen) atoms. The lowest BCUT2D eigenvalue weighted by molar-refractivity contribution is -0.143. The number of hydrogen-bond acceptors (Lipinski definition) is 2. The Morgan fingerprint density at radius 1 is 0.966 bits per heavy atom. The lowest BCUT2D eigenvalue weighted by Crippen LogP contribution is -2.42. The maximum absolute atomic E-state index is 12.9.